The molecule has 4 nitrogen and oxygen atoms in total. The van der Waals surface area contributed by atoms with Crippen LogP contribution in [0.5, 0.6) is 11.5 Å². The van der Waals surface area contributed by atoms with Crippen LogP contribution >= 0.6 is 0 Å². The first kappa shape index (κ1) is 22.3. The number of hydrogen-bond donors (Lipinski definition) is 2. The van der Waals surface area contributed by atoms with E-state index in [0.717, 1.165) is 37.0 Å². The smallest absolute Gasteiger partial charge is 0.243 e. The Kier molecular flexibility index (Phi) is 9.03. The van der Waals surface area contributed by atoms with Crippen molar-refractivity contribution < 1.29 is 14.6 Å². The number of unbranched alkanes of at least 4 members (excludes halogenated alkanes) is 1. The number of amides is 1. The number of ether oxygens (including phenoxy) is 1. The van der Waals surface area contributed by atoms with Crippen LogP contribution in [0.15, 0.2) is 61.2 Å². The van der Waals surface area contributed by atoms with Gasteiger partial charge in [0.2, 0.25) is 5.91 Å². The molecular weight excluding hydrogens is 362 g/mol. The molecular formula is C25H31NO3. The predicted molar refractivity (Wildman–Crippen MR) is 120 cm³/mol. The van der Waals surface area contributed by atoms with Gasteiger partial charge in [0.05, 0.1) is 6.61 Å². The van der Waals surface area contributed by atoms with Gasteiger partial charge in [-0.2, -0.15) is 0 Å². The highest BCUT2D eigenvalue weighted by Crippen LogP contribution is 2.32. The molecule has 154 valence electrons. The quantitative estimate of drug-likeness (QED) is 0.297. The molecule has 2 N–H and O–H groups in total. The zero-order chi connectivity index (χ0) is 21.1. The second-order valence-corrected chi connectivity index (χ2v) is 6.79. The maximum Gasteiger partial charge on any atom is 0.243 e. The molecule has 0 saturated heterocycles. The molecule has 0 fully saturated rings. The van der Waals surface area contributed by atoms with Crippen molar-refractivity contribution in [3.63, 3.8) is 0 Å². The van der Waals surface area contributed by atoms with E-state index in [4.69, 9.17) is 4.74 Å². The van der Waals surface area contributed by atoms with Gasteiger partial charge in [-0.3, -0.25) is 4.79 Å². The van der Waals surface area contributed by atoms with E-state index in [2.05, 4.69) is 37.9 Å². The molecule has 0 heterocycles. The van der Waals surface area contributed by atoms with Gasteiger partial charge in [-0.25, -0.2) is 0 Å². The van der Waals surface area contributed by atoms with E-state index in [9.17, 15) is 9.90 Å². The van der Waals surface area contributed by atoms with Gasteiger partial charge in [0.1, 0.15) is 11.5 Å². The molecule has 29 heavy (non-hydrogen) atoms. The second kappa shape index (κ2) is 11.7. The zero-order valence-corrected chi connectivity index (χ0v) is 17.4. The van der Waals surface area contributed by atoms with E-state index < -0.39 is 0 Å². The number of allylic oxidation sites excluding steroid dienone is 2. The summed E-state index contributed by atoms with van der Waals surface area (Å²) in [5.41, 5.74) is 4.94. The van der Waals surface area contributed by atoms with Gasteiger partial charge in [-0.15, -0.1) is 0 Å². The largest absolute Gasteiger partial charge is 0.508 e. The highest BCUT2D eigenvalue weighted by Gasteiger charge is 2.09. The third-order valence-corrected chi connectivity index (χ3v) is 4.81. The standard InChI is InChI=1S/C25H31NO3/c1-4-23(19-9-13-21(27)14-10-19)24(5-2)20-11-15-22(16-12-20)29-18-8-7-17-26-25(28)6-3/h6,9-16,27H,3-5,7-8,17-18H2,1-2H3,(H,26,28). The normalized spacial score (nSPS) is 11.5. The van der Waals surface area contributed by atoms with E-state index in [0.29, 0.717) is 13.2 Å². The van der Waals surface area contributed by atoms with Crippen molar-refractivity contribution in [3.8, 4) is 11.5 Å². The van der Waals surface area contributed by atoms with Crippen molar-refractivity contribution in [2.24, 2.45) is 0 Å². The third kappa shape index (κ3) is 6.83. The van der Waals surface area contributed by atoms with Crippen molar-refractivity contribution in [2.75, 3.05) is 13.2 Å². The summed E-state index contributed by atoms with van der Waals surface area (Å²) in [5.74, 6) is 0.994. The van der Waals surface area contributed by atoms with Crippen molar-refractivity contribution >= 4 is 17.1 Å². The van der Waals surface area contributed by atoms with Crippen LogP contribution in [-0.4, -0.2) is 24.2 Å². The zero-order valence-electron chi connectivity index (χ0n) is 17.4. The van der Waals surface area contributed by atoms with Crippen LogP contribution in [0.3, 0.4) is 0 Å². The number of phenolic OH excluding ortho intramolecular Hbond substituents is 1. The van der Waals surface area contributed by atoms with Gasteiger partial charge in [0.25, 0.3) is 0 Å². The summed E-state index contributed by atoms with van der Waals surface area (Å²) in [6, 6.07) is 15.6. The number of rotatable bonds is 11. The summed E-state index contributed by atoms with van der Waals surface area (Å²) < 4.78 is 5.82. The average molecular weight is 394 g/mol. The van der Waals surface area contributed by atoms with E-state index >= 15 is 0 Å². The Morgan fingerprint density at radius 3 is 2.03 bits per heavy atom. The highest BCUT2D eigenvalue weighted by atomic mass is 16.5. The van der Waals surface area contributed by atoms with Crippen LogP contribution in [0, 0.1) is 0 Å². The van der Waals surface area contributed by atoms with Crippen molar-refractivity contribution in [3.05, 3.63) is 72.3 Å². The molecule has 0 saturated carbocycles. The first-order chi connectivity index (χ1) is 14.1. The molecule has 1 amide bonds. The SMILES string of the molecule is C=CC(=O)NCCCCOc1ccc(C(CC)=C(CC)c2ccc(O)cc2)cc1. The van der Waals surface area contributed by atoms with Crippen LogP contribution in [0.1, 0.15) is 50.7 Å². The van der Waals surface area contributed by atoms with Gasteiger partial charge < -0.3 is 15.2 Å². The minimum Gasteiger partial charge on any atom is -0.508 e. The Morgan fingerprint density at radius 1 is 0.966 bits per heavy atom. The molecule has 0 spiro atoms. The molecule has 0 bridgehead atoms. The maximum atomic E-state index is 11.1. The summed E-state index contributed by atoms with van der Waals surface area (Å²) >= 11 is 0. The first-order valence-corrected chi connectivity index (χ1v) is 10.2. The lowest BCUT2D eigenvalue weighted by molar-refractivity contribution is -0.116. The summed E-state index contributed by atoms with van der Waals surface area (Å²) in [5, 5.41) is 12.3. The van der Waals surface area contributed by atoms with Crippen molar-refractivity contribution in [2.45, 2.75) is 39.5 Å². The van der Waals surface area contributed by atoms with Gasteiger partial charge in [0, 0.05) is 6.54 Å². The molecule has 0 unspecified atom stereocenters. The Balaban J connectivity index is 1.98. The van der Waals surface area contributed by atoms with E-state index in [1.54, 1.807) is 12.1 Å². The Hall–Kier alpha value is -3.01. The van der Waals surface area contributed by atoms with Gasteiger partial charge in [0.15, 0.2) is 0 Å². The molecule has 0 aliphatic carbocycles. The van der Waals surface area contributed by atoms with Gasteiger partial charge >= 0.3 is 0 Å². The van der Waals surface area contributed by atoms with Crippen molar-refractivity contribution in [1.82, 2.24) is 5.32 Å². The van der Waals surface area contributed by atoms with Crippen LogP contribution in [0.25, 0.3) is 11.1 Å². The molecule has 0 atom stereocenters. The molecule has 0 aromatic heterocycles. The average Bonchev–Trinajstić information content (AvgIpc) is 2.75. The number of carbonyl (C=O) groups is 1. The van der Waals surface area contributed by atoms with E-state index in [1.165, 1.54) is 22.8 Å². The molecule has 4 heteroatoms. The molecule has 2 aromatic carbocycles. The molecule has 2 rings (SSSR count). The lowest BCUT2D eigenvalue weighted by atomic mass is 9.91. The molecule has 0 aliphatic heterocycles. The Labute approximate surface area is 173 Å². The summed E-state index contributed by atoms with van der Waals surface area (Å²) in [7, 11) is 0. The minimum absolute atomic E-state index is 0.139. The molecule has 0 aliphatic rings. The highest BCUT2D eigenvalue weighted by molar-refractivity contribution is 5.90. The lowest BCUT2D eigenvalue weighted by Crippen LogP contribution is -2.22. The van der Waals surface area contributed by atoms with Gasteiger partial charge in [-0.1, -0.05) is 44.7 Å². The number of aromatic hydroxyl groups is 1. The van der Waals surface area contributed by atoms with Crippen LogP contribution in [0.2, 0.25) is 0 Å². The number of benzene rings is 2. The third-order valence-electron chi connectivity index (χ3n) is 4.81. The predicted octanol–water partition coefficient (Wildman–Crippen LogP) is 5.58. The van der Waals surface area contributed by atoms with E-state index in [-0.39, 0.29) is 11.7 Å². The minimum atomic E-state index is -0.139. The fourth-order valence-corrected chi connectivity index (χ4v) is 3.30. The maximum absolute atomic E-state index is 11.1. The number of phenols is 1. The fraction of sp³-hybridized carbons (Fsp3) is 0.320. The van der Waals surface area contributed by atoms with Gasteiger partial charge in [-0.05, 0) is 78.3 Å². The molecule has 0 radical (unpaired) electrons. The molecule has 2 aromatic rings. The fourth-order valence-electron chi connectivity index (χ4n) is 3.30. The number of nitrogens with one attached hydrogen (secondary N) is 1. The monoisotopic (exact) mass is 393 g/mol. The second-order valence-electron chi connectivity index (χ2n) is 6.79. The summed E-state index contributed by atoms with van der Waals surface area (Å²) in [6.45, 7) is 9.01. The topological polar surface area (TPSA) is 58.6 Å². The summed E-state index contributed by atoms with van der Waals surface area (Å²) in [4.78, 5) is 11.1. The van der Waals surface area contributed by atoms with Crippen LogP contribution in [-0.2, 0) is 4.79 Å². The summed E-state index contributed by atoms with van der Waals surface area (Å²) in [6.07, 6.45) is 4.88. The first-order valence-electron chi connectivity index (χ1n) is 10.2. The Bertz CT molecular complexity index is 820. The van der Waals surface area contributed by atoms with Crippen LogP contribution in [0.4, 0.5) is 0 Å². The number of carbonyl (C=O) groups excluding carboxylic acids is 1. The lowest BCUT2D eigenvalue weighted by Gasteiger charge is -2.15. The number of hydrogen-bond acceptors (Lipinski definition) is 3. The van der Waals surface area contributed by atoms with Crippen molar-refractivity contribution in [1.29, 1.82) is 0 Å². The Morgan fingerprint density at radius 2 is 1.52 bits per heavy atom. The van der Waals surface area contributed by atoms with Crippen LogP contribution < -0.4 is 10.1 Å². The van der Waals surface area contributed by atoms with E-state index in [1.807, 2.05) is 24.3 Å².